The average Bonchev–Trinajstić information content (AvgIpc) is 2.87. The van der Waals surface area contributed by atoms with Crippen molar-refractivity contribution in [3.63, 3.8) is 0 Å². The van der Waals surface area contributed by atoms with Crippen molar-refractivity contribution in [1.29, 1.82) is 0 Å². The summed E-state index contributed by atoms with van der Waals surface area (Å²) in [7, 11) is 0. The molecule has 1 saturated carbocycles. The van der Waals surface area contributed by atoms with Crippen molar-refractivity contribution in [3.05, 3.63) is 17.5 Å². The molecule has 1 aromatic heterocycles. The maximum atomic E-state index is 12.4. The molecule has 0 radical (unpaired) electrons. The number of primary amides is 1. The summed E-state index contributed by atoms with van der Waals surface area (Å²) >= 11 is 0. The lowest BCUT2D eigenvalue weighted by molar-refractivity contribution is -0.123. The fourth-order valence-electron chi connectivity index (χ4n) is 2.59. The normalized spacial score (nSPS) is 16.9. The summed E-state index contributed by atoms with van der Waals surface area (Å²) in [5.41, 5.74) is 11.0. The minimum atomic E-state index is -0.964. The smallest absolute Gasteiger partial charge is 0.270 e. The van der Waals surface area contributed by atoms with Crippen LogP contribution in [0.2, 0.25) is 0 Å². The molecule has 0 atom stereocenters. The number of aromatic nitrogens is 2. The number of carbonyl (C=O) groups is 2. The molecule has 0 spiro atoms. The third kappa shape index (κ3) is 3.12. The zero-order valence-electron chi connectivity index (χ0n) is 12.3. The Hall–Kier alpha value is -2.18. The highest BCUT2D eigenvalue weighted by atomic mass is 16.2. The van der Waals surface area contributed by atoms with Gasteiger partial charge in [-0.25, -0.2) is 9.97 Å². The van der Waals surface area contributed by atoms with Gasteiger partial charge >= 0.3 is 0 Å². The van der Waals surface area contributed by atoms with Gasteiger partial charge in [-0.15, -0.1) is 0 Å². The fraction of sp³-hybridized carbons (Fsp3) is 0.571. The Balaban J connectivity index is 2.26. The SMILES string of the molecule is CC(C)c1cc(C(=O)NC2(C(N)=O)CCCC2)nc(N)n1. The van der Waals surface area contributed by atoms with Gasteiger partial charge in [-0.1, -0.05) is 26.7 Å². The molecule has 114 valence electrons. The minimum absolute atomic E-state index is 0.0471. The van der Waals surface area contributed by atoms with Gasteiger partial charge in [0, 0.05) is 5.69 Å². The summed E-state index contributed by atoms with van der Waals surface area (Å²) in [6.07, 6.45) is 2.86. The number of nitrogens with zero attached hydrogens (tertiary/aromatic N) is 2. The lowest BCUT2D eigenvalue weighted by Gasteiger charge is -2.26. The zero-order chi connectivity index (χ0) is 15.6. The number of hydrogen-bond donors (Lipinski definition) is 3. The molecule has 21 heavy (non-hydrogen) atoms. The lowest BCUT2D eigenvalue weighted by Crippen LogP contribution is -2.55. The molecular weight excluding hydrogens is 270 g/mol. The van der Waals surface area contributed by atoms with Crippen LogP contribution in [-0.2, 0) is 4.79 Å². The molecule has 1 aliphatic carbocycles. The Morgan fingerprint density at radius 1 is 1.29 bits per heavy atom. The molecule has 7 heteroatoms. The summed E-state index contributed by atoms with van der Waals surface area (Å²) in [5.74, 6) is -0.768. The second-order valence-corrected chi connectivity index (χ2v) is 5.80. The van der Waals surface area contributed by atoms with Crippen LogP contribution in [0.25, 0.3) is 0 Å². The topological polar surface area (TPSA) is 124 Å². The average molecular weight is 291 g/mol. The molecule has 0 unspecified atom stereocenters. The molecule has 0 saturated heterocycles. The van der Waals surface area contributed by atoms with Crippen LogP contribution in [0.15, 0.2) is 6.07 Å². The Morgan fingerprint density at radius 3 is 2.43 bits per heavy atom. The highest BCUT2D eigenvalue weighted by Gasteiger charge is 2.41. The molecule has 1 fully saturated rings. The van der Waals surface area contributed by atoms with Crippen LogP contribution in [0, 0.1) is 0 Å². The predicted octanol–water partition coefficient (Wildman–Crippen LogP) is 0.710. The van der Waals surface area contributed by atoms with Crippen molar-refractivity contribution in [3.8, 4) is 0 Å². The molecule has 7 nitrogen and oxygen atoms in total. The largest absolute Gasteiger partial charge is 0.368 e. The number of nitrogens with two attached hydrogens (primary N) is 2. The van der Waals surface area contributed by atoms with Crippen LogP contribution in [0.4, 0.5) is 5.95 Å². The van der Waals surface area contributed by atoms with Gasteiger partial charge in [0.1, 0.15) is 11.2 Å². The van der Waals surface area contributed by atoms with E-state index in [9.17, 15) is 9.59 Å². The van der Waals surface area contributed by atoms with E-state index in [2.05, 4.69) is 15.3 Å². The van der Waals surface area contributed by atoms with Gasteiger partial charge in [-0.2, -0.15) is 0 Å². The van der Waals surface area contributed by atoms with Crippen molar-refractivity contribution < 1.29 is 9.59 Å². The van der Waals surface area contributed by atoms with E-state index in [1.165, 1.54) is 0 Å². The van der Waals surface area contributed by atoms with Gasteiger partial charge in [0.2, 0.25) is 11.9 Å². The standard InChI is InChI=1S/C14H21N5O2/c1-8(2)9-7-10(18-13(16)17-9)11(20)19-14(12(15)21)5-3-4-6-14/h7-8H,3-6H2,1-2H3,(H2,15,21)(H,19,20)(H2,16,17,18). The number of rotatable bonds is 4. The van der Waals surface area contributed by atoms with Gasteiger partial charge < -0.3 is 16.8 Å². The first-order valence-electron chi connectivity index (χ1n) is 7.11. The lowest BCUT2D eigenvalue weighted by atomic mass is 9.96. The number of anilines is 1. The monoisotopic (exact) mass is 291 g/mol. The van der Waals surface area contributed by atoms with Crippen molar-refractivity contribution in [2.24, 2.45) is 5.73 Å². The molecule has 1 heterocycles. The van der Waals surface area contributed by atoms with Crippen molar-refractivity contribution in [2.45, 2.75) is 51.0 Å². The van der Waals surface area contributed by atoms with E-state index in [-0.39, 0.29) is 17.6 Å². The summed E-state index contributed by atoms with van der Waals surface area (Å²) in [5, 5.41) is 2.74. The molecule has 0 bridgehead atoms. The van der Waals surface area contributed by atoms with Gasteiger partial charge in [0.15, 0.2) is 0 Å². The maximum absolute atomic E-state index is 12.4. The van der Waals surface area contributed by atoms with Crippen LogP contribution < -0.4 is 16.8 Å². The third-order valence-corrected chi connectivity index (χ3v) is 3.87. The molecule has 5 N–H and O–H groups in total. The molecule has 2 rings (SSSR count). The van der Waals surface area contributed by atoms with Crippen molar-refractivity contribution in [1.82, 2.24) is 15.3 Å². The van der Waals surface area contributed by atoms with E-state index in [1.54, 1.807) is 6.07 Å². The summed E-state index contributed by atoms with van der Waals surface area (Å²) in [6.45, 7) is 3.90. The number of amides is 2. The quantitative estimate of drug-likeness (QED) is 0.753. The zero-order valence-corrected chi connectivity index (χ0v) is 12.3. The highest BCUT2D eigenvalue weighted by molar-refractivity contribution is 5.98. The molecule has 0 aliphatic heterocycles. The van der Waals surface area contributed by atoms with Gasteiger partial charge in [0.05, 0.1) is 0 Å². The van der Waals surface area contributed by atoms with Crippen LogP contribution in [-0.4, -0.2) is 27.3 Å². The Morgan fingerprint density at radius 2 is 1.90 bits per heavy atom. The van der Waals surface area contributed by atoms with E-state index in [4.69, 9.17) is 11.5 Å². The van der Waals surface area contributed by atoms with E-state index in [0.717, 1.165) is 12.8 Å². The Labute approximate surface area is 123 Å². The van der Waals surface area contributed by atoms with Crippen molar-refractivity contribution >= 4 is 17.8 Å². The Kier molecular flexibility index (Phi) is 4.11. The van der Waals surface area contributed by atoms with Gasteiger partial charge in [0.25, 0.3) is 5.91 Å². The molecule has 0 aromatic carbocycles. The van der Waals surface area contributed by atoms with Crippen LogP contribution in [0.3, 0.4) is 0 Å². The van der Waals surface area contributed by atoms with Crippen LogP contribution in [0.1, 0.15) is 61.6 Å². The number of nitrogen functional groups attached to an aromatic ring is 1. The number of nitrogens with one attached hydrogen (secondary N) is 1. The number of carbonyl (C=O) groups excluding carboxylic acids is 2. The van der Waals surface area contributed by atoms with Gasteiger partial charge in [-0.05, 0) is 24.8 Å². The first-order chi connectivity index (χ1) is 9.84. The summed E-state index contributed by atoms with van der Waals surface area (Å²) < 4.78 is 0. The highest BCUT2D eigenvalue weighted by Crippen LogP contribution is 2.29. The van der Waals surface area contributed by atoms with Crippen molar-refractivity contribution in [2.75, 3.05) is 5.73 Å². The van der Waals surface area contributed by atoms with Gasteiger partial charge in [-0.3, -0.25) is 9.59 Å². The van der Waals surface area contributed by atoms with E-state index in [0.29, 0.717) is 18.5 Å². The predicted molar refractivity (Wildman–Crippen MR) is 78.4 cm³/mol. The summed E-state index contributed by atoms with van der Waals surface area (Å²) in [4.78, 5) is 32.1. The Bertz CT molecular complexity index is 564. The fourth-order valence-corrected chi connectivity index (χ4v) is 2.59. The second kappa shape index (κ2) is 5.67. The first-order valence-corrected chi connectivity index (χ1v) is 7.11. The second-order valence-electron chi connectivity index (χ2n) is 5.80. The molecule has 1 aromatic rings. The van der Waals surface area contributed by atoms with Crippen LogP contribution >= 0.6 is 0 Å². The maximum Gasteiger partial charge on any atom is 0.270 e. The number of hydrogen-bond acceptors (Lipinski definition) is 5. The van der Waals surface area contributed by atoms with E-state index in [1.807, 2.05) is 13.8 Å². The van der Waals surface area contributed by atoms with E-state index < -0.39 is 17.4 Å². The molecule has 1 aliphatic rings. The van der Waals surface area contributed by atoms with Crippen LogP contribution in [0.5, 0.6) is 0 Å². The third-order valence-electron chi connectivity index (χ3n) is 3.87. The minimum Gasteiger partial charge on any atom is -0.368 e. The first kappa shape index (κ1) is 15.2. The summed E-state index contributed by atoms with van der Waals surface area (Å²) in [6, 6.07) is 1.60. The molecular formula is C14H21N5O2. The van der Waals surface area contributed by atoms with E-state index >= 15 is 0 Å². The molecule has 2 amide bonds.